The predicted molar refractivity (Wildman–Crippen MR) is 116 cm³/mol. The maximum Gasteiger partial charge on any atom is 0.241 e. The molecule has 1 aliphatic heterocycles. The van der Waals surface area contributed by atoms with Gasteiger partial charge in [0.05, 0.1) is 17.3 Å². The van der Waals surface area contributed by atoms with Crippen LogP contribution >= 0.6 is 11.3 Å². The van der Waals surface area contributed by atoms with Crippen LogP contribution in [0.25, 0.3) is 10.7 Å². The van der Waals surface area contributed by atoms with Gasteiger partial charge in [-0.3, -0.25) is 9.69 Å². The summed E-state index contributed by atoms with van der Waals surface area (Å²) in [5.41, 5.74) is 0.733. The number of benzene rings is 1. The van der Waals surface area contributed by atoms with Crippen molar-refractivity contribution in [2.24, 2.45) is 5.92 Å². The molecule has 1 aliphatic rings. The molecule has 8 heteroatoms. The van der Waals surface area contributed by atoms with Crippen molar-refractivity contribution < 1.29 is 14.1 Å². The number of carbonyl (C=O) groups excluding carboxylic acids is 1. The molecular weight excluding hydrogens is 400 g/mol. The van der Waals surface area contributed by atoms with E-state index in [1.807, 2.05) is 41.8 Å². The van der Waals surface area contributed by atoms with Crippen LogP contribution < -0.4 is 10.1 Å². The molecule has 0 aliphatic carbocycles. The van der Waals surface area contributed by atoms with E-state index in [0.29, 0.717) is 37.2 Å². The number of nitrogens with zero attached hydrogens (tertiary/aromatic N) is 3. The van der Waals surface area contributed by atoms with Gasteiger partial charge >= 0.3 is 0 Å². The van der Waals surface area contributed by atoms with Gasteiger partial charge in [-0.25, -0.2) is 0 Å². The third-order valence-corrected chi connectivity index (χ3v) is 5.78. The summed E-state index contributed by atoms with van der Waals surface area (Å²) in [6.07, 6.45) is 3.50. The largest absolute Gasteiger partial charge is 0.489 e. The zero-order chi connectivity index (χ0) is 20.8. The normalized spacial score (nSPS) is 16.9. The molecule has 0 saturated carbocycles. The van der Waals surface area contributed by atoms with Crippen molar-refractivity contribution in [3.8, 4) is 16.5 Å². The molecule has 1 amide bonds. The minimum absolute atomic E-state index is 0.0189. The lowest BCUT2D eigenvalue weighted by atomic mass is 9.97. The molecule has 0 bridgehead atoms. The van der Waals surface area contributed by atoms with Crippen LogP contribution in [0.2, 0.25) is 0 Å². The number of rotatable bonds is 8. The van der Waals surface area contributed by atoms with E-state index in [0.717, 1.165) is 30.0 Å². The lowest BCUT2D eigenvalue weighted by Crippen LogP contribution is -2.40. The first-order valence-corrected chi connectivity index (χ1v) is 10.8. The van der Waals surface area contributed by atoms with Crippen LogP contribution in [0.4, 0.5) is 5.69 Å². The van der Waals surface area contributed by atoms with Crippen molar-refractivity contribution in [1.82, 2.24) is 15.0 Å². The van der Waals surface area contributed by atoms with Crippen LogP contribution in [0.3, 0.4) is 0 Å². The zero-order valence-corrected chi connectivity index (χ0v) is 17.4. The first-order valence-electron chi connectivity index (χ1n) is 9.94. The molecule has 1 N–H and O–H groups in total. The Hall–Kier alpha value is -2.97. The SMILES string of the molecule is C=CCOc1cccc(NC(=O)C2CCCN(Cc3nc(-c4cccs4)no3)C2)c1. The van der Waals surface area contributed by atoms with Crippen molar-refractivity contribution >= 4 is 22.9 Å². The van der Waals surface area contributed by atoms with Crippen LogP contribution in [-0.2, 0) is 11.3 Å². The molecular formula is C22H24N4O3S. The van der Waals surface area contributed by atoms with Crippen LogP contribution in [0.15, 0.2) is 59.0 Å². The van der Waals surface area contributed by atoms with Crippen LogP contribution in [0.5, 0.6) is 5.75 Å². The monoisotopic (exact) mass is 424 g/mol. The van der Waals surface area contributed by atoms with Gasteiger partial charge in [-0.2, -0.15) is 4.98 Å². The van der Waals surface area contributed by atoms with Crippen LogP contribution in [0.1, 0.15) is 18.7 Å². The van der Waals surface area contributed by atoms with Crippen LogP contribution in [-0.4, -0.2) is 40.6 Å². The van der Waals surface area contributed by atoms with Gasteiger partial charge in [0.15, 0.2) is 0 Å². The highest BCUT2D eigenvalue weighted by Crippen LogP contribution is 2.24. The summed E-state index contributed by atoms with van der Waals surface area (Å²) in [4.78, 5) is 20.5. The second-order valence-corrected chi connectivity index (χ2v) is 8.13. The molecule has 30 heavy (non-hydrogen) atoms. The van der Waals surface area contributed by atoms with E-state index in [2.05, 4.69) is 26.9 Å². The Kier molecular flexibility index (Phi) is 6.56. The molecule has 1 atom stereocenters. The third-order valence-electron chi connectivity index (χ3n) is 4.91. The number of anilines is 1. The third kappa shape index (κ3) is 5.14. The lowest BCUT2D eigenvalue weighted by Gasteiger charge is -2.30. The van der Waals surface area contributed by atoms with Gasteiger partial charge in [-0.15, -0.1) is 11.3 Å². The maximum absolute atomic E-state index is 12.8. The first-order chi connectivity index (χ1) is 14.7. The Morgan fingerprint density at radius 2 is 2.33 bits per heavy atom. The van der Waals surface area contributed by atoms with Crippen LogP contribution in [0, 0.1) is 5.92 Å². The number of piperidine rings is 1. The summed E-state index contributed by atoms with van der Waals surface area (Å²) in [5, 5.41) is 9.06. The van der Waals surface area contributed by atoms with Crippen molar-refractivity contribution in [1.29, 1.82) is 0 Å². The quantitative estimate of drug-likeness (QED) is 0.546. The van der Waals surface area contributed by atoms with Gasteiger partial charge in [-0.1, -0.05) is 29.9 Å². The molecule has 4 rings (SSSR count). The lowest BCUT2D eigenvalue weighted by molar-refractivity contribution is -0.121. The van der Waals surface area contributed by atoms with Gasteiger partial charge in [0, 0.05) is 18.3 Å². The van der Waals surface area contributed by atoms with Crippen molar-refractivity contribution in [2.75, 3.05) is 25.0 Å². The van der Waals surface area contributed by atoms with Gasteiger partial charge in [-0.05, 0) is 43.0 Å². The molecule has 3 heterocycles. The molecule has 156 valence electrons. The Morgan fingerprint density at radius 3 is 3.17 bits per heavy atom. The topological polar surface area (TPSA) is 80.5 Å². The summed E-state index contributed by atoms with van der Waals surface area (Å²) in [7, 11) is 0. The Balaban J connectivity index is 1.33. The van der Waals surface area contributed by atoms with Crippen molar-refractivity contribution in [3.63, 3.8) is 0 Å². The fourth-order valence-corrected chi connectivity index (χ4v) is 4.14. The average Bonchev–Trinajstić information content (AvgIpc) is 3.45. The number of aromatic nitrogens is 2. The summed E-state index contributed by atoms with van der Waals surface area (Å²) < 4.78 is 10.9. The molecule has 1 fully saturated rings. The number of ether oxygens (including phenoxy) is 1. The number of amides is 1. The van der Waals surface area contributed by atoms with E-state index >= 15 is 0 Å². The van der Waals surface area contributed by atoms with E-state index < -0.39 is 0 Å². The molecule has 1 aromatic carbocycles. The van der Waals surface area contributed by atoms with Gasteiger partial charge < -0.3 is 14.6 Å². The fourth-order valence-electron chi connectivity index (χ4n) is 3.49. The summed E-state index contributed by atoms with van der Waals surface area (Å²) >= 11 is 1.58. The van der Waals surface area contributed by atoms with E-state index in [1.54, 1.807) is 17.4 Å². The summed E-state index contributed by atoms with van der Waals surface area (Å²) in [6, 6.07) is 11.3. The number of thiophene rings is 1. The Labute approximate surface area is 179 Å². The molecule has 7 nitrogen and oxygen atoms in total. The van der Waals surface area contributed by atoms with Gasteiger partial charge in [0.1, 0.15) is 12.4 Å². The molecule has 2 aromatic heterocycles. The van der Waals surface area contributed by atoms with Crippen molar-refractivity contribution in [2.45, 2.75) is 19.4 Å². The minimum atomic E-state index is -0.0869. The number of hydrogen-bond acceptors (Lipinski definition) is 7. The highest BCUT2D eigenvalue weighted by Gasteiger charge is 2.27. The number of hydrogen-bond donors (Lipinski definition) is 1. The highest BCUT2D eigenvalue weighted by atomic mass is 32.1. The molecule has 1 unspecified atom stereocenters. The fraction of sp³-hybridized carbons (Fsp3) is 0.318. The second-order valence-electron chi connectivity index (χ2n) is 7.18. The molecule has 1 saturated heterocycles. The summed E-state index contributed by atoms with van der Waals surface area (Å²) in [5.74, 6) is 1.83. The summed E-state index contributed by atoms with van der Waals surface area (Å²) in [6.45, 7) is 6.19. The standard InChI is InChI=1S/C22H24N4O3S/c1-2-11-28-18-8-3-7-17(13-18)23-22(27)16-6-4-10-26(14-16)15-20-24-21(25-29-20)19-9-5-12-30-19/h2-3,5,7-9,12-13,16H,1,4,6,10-11,14-15H2,(H,23,27). The van der Waals surface area contributed by atoms with E-state index in [4.69, 9.17) is 9.26 Å². The number of nitrogens with one attached hydrogen (secondary N) is 1. The van der Waals surface area contributed by atoms with Gasteiger partial charge in [0.2, 0.25) is 17.6 Å². The maximum atomic E-state index is 12.8. The van der Waals surface area contributed by atoms with E-state index in [-0.39, 0.29) is 11.8 Å². The number of carbonyl (C=O) groups is 1. The van der Waals surface area contributed by atoms with E-state index in [9.17, 15) is 4.79 Å². The first kappa shape index (κ1) is 20.3. The minimum Gasteiger partial charge on any atom is -0.489 e. The zero-order valence-electron chi connectivity index (χ0n) is 16.6. The van der Waals surface area contributed by atoms with E-state index in [1.165, 1.54) is 0 Å². The van der Waals surface area contributed by atoms with Crippen molar-refractivity contribution in [3.05, 3.63) is 60.3 Å². The number of likely N-dealkylation sites (tertiary alicyclic amines) is 1. The Morgan fingerprint density at radius 1 is 1.40 bits per heavy atom. The molecule has 0 radical (unpaired) electrons. The Bertz CT molecular complexity index is 986. The second kappa shape index (κ2) is 9.69. The molecule has 0 spiro atoms. The predicted octanol–water partition coefficient (Wildman–Crippen LogP) is 4.21. The molecule has 3 aromatic rings. The highest BCUT2D eigenvalue weighted by molar-refractivity contribution is 7.13. The smallest absolute Gasteiger partial charge is 0.241 e. The average molecular weight is 425 g/mol. The van der Waals surface area contributed by atoms with Gasteiger partial charge in [0.25, 0.3) is 0 Å².